The number of carbonyl (C=O) groups is 1. The van der Waals surface area contributed by atoms with Gasteiger partial charge in [0, 0.05) is 11.8 Å². The van der Waals surface area contributed by atoms with Gasteiger partial charge in [-0.15, -0.1) is 0 Å². The van der Waals surface area contributed by atoms with E-state index in [1.54, 1.807) is 42.5 Å². The lowest BCUT2D eigenvalue weighted by Gasteiger charge is -2.19. The molecule has 1 amide bonds. The van der Waals surface area contributed by atoms with Gasteiger partial charge >= 0.3 is 0 Å². The molecule has 2 heterocycles. The number of benzene rings is 2. The minimum atomic E-state index is -0.149. The maximum atomic E-state index is 13.5. The number of ether oxygens (including phenoxy) is 2. The zero-order valence-electron chi connectivity index (χ0n) is 17.7. The van der Waals surface area contributed by atoms with Crippen LogP contribution in [0.25, 0.3) is 10.2 Å². The summed E-state index contributed by atoms with van der Waals surface area (Å²) in [6, 6.07) is 16.7. The van der Waals surface area contributed by atoms with Crippen LogP contribution in [-0.2, 0) is 6.54 Å². The number of rotatable bonds is 7. The Balaban J connectivity index is 1.76. The van der Waals surface area contributed by atoms with Gasteiger partial charge in [-0.1, -0.05) is 23.5 Å². The fourth-order valence-electron chi connectivity index (χ4n) is 3.27. The third-order valence-electron chi connectivity index (χ3n) is 4.85. The van der Waals surface area contributed by atoms with Crippen molar-refractivity contribution < 1.29 is 14.3 Å². The second kappa shape index (κ2) is 9.14. The van der Waals surface area contributed by atoms with Gasteiger partial charge in [0.1, 0.15) is 17.0 Å². The zero-order chi connectivity index (χ0) is 21.8. The molecule has 0 spiro atoms. The van der Waals surface area contributed by atoms with E-state index in [-0.39, 0.29) is 5.91 Å². The quantitative estimate of drug-likeness (QED) is 0.398. The molecule has 0 aliphatic rings. The highest BCUT2D eigenvalue weighted by atomic mass is 32.1. The molecule has 0 radical (unpaired) electrons. The monoisotopic (exact) mass is 433 g/mol. The maximum absolute atomic E-state index is 13.5. The van der Waals surface area contributed by atoms with Gasteiger partial charge in [0.25, 0.3) is 5.91 Å². The Morgan fingerprint density at radius 3 is 2.58 bits per heavy atom. The van der Waals surface area contributed by atoms with E-state index in [9.17, 15) is 4.79 Å². The van der Waals surface area contributed by atoms with Gasteiger partial charge in [0.15, 0.2) is 5.13 Å². The van der Waals surface area contributed by atoms with E-state index in [2.05, 4.69) is 4.98 Å². The molecule has 158 valence electrons. The highest BCUT2D eigenvalue weighted by molar-refractivity contribution is 7.22. The largest absolute Gasteiger partial charge is 0.494 e. The number of nitrogens with zero attached hydrogens (tertiary/aromatic N) is 3. The third kappa shape index (κ3) is 4.36. The van der Waals surface area contributed by atoms with Crippen LogP contribution in [0.3, 0.4) is 0 Å². The van der Waals surface area contributed by atoms with Crippen LogP contribution in [0.5, 0.6) is 11.5 Å². The van der Waals surface area contributed by atoms with E-state index >= 15 is 0 Å². The van der Waals surface area contributed by atoms with Crippen LogP contribution in [0.2, 0.25) is 0 Å². The SMILES string of the molecule is CCOc1ccc(C(=O)N(Cc2ccccn2)c2nc3c(OC)ccc(C)c3s2)cc1. The topological polar surface area (TPSA) is 64.5 Å². The number of methoxy groups -OCH3 is 1. The smallest absolute Gasteiger partial charge is 0.260 e. The summed E-state index contributed by atoms with van der Waals surface area (Å²) >= 11 is 1.48. The van der Waals surface area contributed by atoms with Crippen molar-refractivity contribution in [1.82, 2.24) is 9.97 Å². The Kier molecular flexibility index (Phi) is 6.13. The average molecular weight is 434 g/mol. The van der Waals surface area contributed by atoms with E-state index in [4.69, 9.17) is 14.5 Å². The Bertz CT molecular complexity index is 1190. The lowest BCUT2D eigenvalue weighted by atomic mass is 10.2. The van der Waals surface area contributed by atoms with E-state index in [0.717, 1.165) is 27.2 Å². The van der Waals surface area contributed by atoms with Gasteiger partial charge in [0.2, 0.25) is 0 Å². The highest BCUT2D eigenvalue weighted by Crippen LogP contribution is 2.37. The lowest BCUT2D eigenvalue weighted by molar-refractivity contribution is 0.0984. The molecular weight excluding hydrogens is 410 g/mol. The molecule has 0 N–H and O–H groups in total. The van der Waals surface area contributed by atoms with Gasteiger partial charge in [-0.3, -0.25) is 14.7 Å². The summed E-state index contributed by atoms with van der Waals surface area (Å²) in [6.45, 7) is 4.85. The Labute approximate surface area is 185 Å². The number of carbonyl (C=O) groups excluding carboxylic acids is 1. The number of thiazole rings is 1. The molecule has 0 saturated heterocycles. The number of aromatic nitrogens is 2. The van der Waals surface area contributed by atoms with Gasteiger partial charge in [-0.25, -0.2) is 4.98 Å². The second-order valence-corrected chi connectivity index (χ2v) is 7.91. The number of fused-ring (bicyclic) bond motifs is 1. The Morgan fingerprint density at radius 1 is 1.10 bits per heavy atom. The summed E-state index contributed by atoms with van der Waals surface area (Å²) in [5.74, 6) is 1.27. The number of aryl methyl sites for hydroxylation is 1. The van der Waals surface area contributed by atoms with Crippen molar-refractivity contribution in [3.63, 3.8) is 0 Å². The standard InChI is InChI=1S/C24H23N3O3S/c1-4-30-19-11-9-17(10-12-19)23(28)27(15-18-7-5-6-14-25-18)24-26-21-20(29-3)13-8-16(2)22(21)31-24/h5-14H,4,15H2,1-3H3. The molecule has 31 heavy (non-hydrogen) atoms. The van der Waals surface area contributed by atoms with Crippen LogP contribution in [0.1, 0.15) is 28.5 Å². The molecule has 0 saturated carbocycles. The number of amides is 1. The lowest BCUT2D eigenvalue weighted by Crippen LogP contribution is -2.30. The second-order valence-electron chi connectivity index (χ2n) is 6.93. The van der Waals surface area contributed by atoms with Crippen molar-refractivity contribution in [2.45, 2.75) is 20.4 Å². The van der Waals surface area contributed by atoms with Crippen molar-refractivity contribution >= 4 is 32.6 Å². The maximum Gasteiger partial charge on any atom is 0.260 e. The van der Waals surface area contributed by atoms with Crippen molar-refractivity contribution in [3.8, 4) is 11.5 Å². The van der Waals surface area contributed by atoms with Crippen LogP contribution in [0.4, 0.5) is 5.13 Å². The molecule has 2 aromatic carbocycles. The molecule has 0 bridgehead atoms. The summed E-state index contributed by atoms with van der Waals surface area (Å²) in [6.07, 6.45) is 1.72. The molecular formula is C24H23N3O3S. The van der Waals surface area contributed by atoms with Gasteiger partial charge in [0.05, 0.1) is 30.7 Å². The van der Waals surface area contributed by atoms with E-state index in [1.807, 2.05) is 44.2 Å². The highest BCUT2D eigenvalue weighted by Gasteiger charge is 2.23. The molecule has 6 nitrogen and oxygen atoms in total. The molecule has 4 aromatic rings. The van der Waals surface area contributed by atoms with E-state index in [0.29, 0.717) is 29.6 Å². The predicted molar refractivity (Wildman–Crippen MR) is 123 cm³/mol. The molecule has 0 aliphatic carbocycles. The summed E-state index contributed by atoms with van der Waals surface area (Å²) in [4.78, 5) is 24.4. The summed E-state index contributed by atoms with van der Waals surface area (Å²) in [5.41, 5.74) is 3.19. The Morgan fingerprint density at radius 2 is 1.90 bits per heavy atom. The first kappa shape index (κ1) is 20.8. The van der Waals surface area contributed by atoms with Crippen molar-refractivity contribution in [1.29, 1.82) is 0 Å². The van der Waals surface area contributed by atoms with Crippen molar-refractivity contribution in [2.24, 2.45) is 0 Å². The van der Waals surface area contributed by atoms with Gasteiger partial charge < -0.3 is 9.47 Å². The van der Waals surface area contributed by atoms with Gasteiger partial charge in [-0.05, 0) is 61.9 Å². The molecule has 7 heteroatoms. The number of hydrogen-bond acceptors (Lipinski definition) is 6. The number of pyridine rings is 1. The molecule has 4 rings (SSSR count). The minimum Gasteiger partial charge on any atom is -0.494 e. The normalized spacial score (nSPS) is 10.8. The van der Waals surface area contributed by atoms with Crippen LogP contribution in [0.15, 0.2) is 60.8 Å². The third-order valence-corrected chi connectivity index (χ3v) is 6.06. The zero-order valence-corrected chi connectivity index (χ0v) is 18.5. The first-order chi connectivity index (χ1) is 15.1. The molecule has 0 aliphatic heterocycles. The Hall–Kier alpha value is -3.45. The fraction of sp³-hybridized carbons (Fsp3) is 0.208. The van der Waals surface area contributed by atoms with E-state index in [1.165, 1.54) is 11.3 Å². The summed E-state index contributed by atoms with van der Waals surface area (Å²) < 4.78 is 12.0. The first-order valence-electron chi connectivity index (χ1n) is 9.99. The van der Waals surface area contributed by atoms with Crippen LogP contribution < -0.4 is 14.4 Å². The van der Waals surface area contributed by atoms with Crippen LogP contribution in [-0.4, -0.2) is 29.6 Å². The number of hydrogen-bond donors (Lipinski definition) is 0. The predicted octanol–water partition coefficient (Wildman–Crippen LogP) is 5.25. The summed E-state index contributed by atoms with van der Waals surface area (Å²) in [7, 11) is 1.62. The average Bonchev–Trinajstić information content (AvgIpc) is 3.25. The van der Waals surface area contributed by atoms with Gasteiger partial charge in [-0.2, -0.15) is 0 Å². The van der Waals surface area contributed by atoms with Crippen molar-refractivity contribution in [3.05, 3.63) is 77.6 Å². The molecule has 2 aromatic heterocycles. The molecule has 0 unspecified atom stereocenters. The summed E-state index contributed by atoms with van der Waals surface area (Å²) in [5, 5.41) is 0.604. The minimum absolute atomic E-state index is 0.149. The van der Waals surface area contributed by atoms with Crippen LogP contribution in [0, 0.1) is 6.92 Å². The number of anilines is 1. The fourth-order valence-corrected chi connectivity index (χ4v) is 4.32. The van der Waals surface area contributed by atoms with Crippen LogP contribution >= 0.6 is 11.3 Å². The molecule has 0 fully saturated rings. The molecule has 0 atom stereocenters. The van der Waals surface area contributed by atoms with E-state index < -0.39 is 0 Å². The van der Waals surface area contributed by atoms with Crippen molar-refractivity contribution in [2.75, 3.05) is 18.6 Å². The first-order valence-corrected chi connectivity index (χ1v) is 10.8.